The van der Waals surface area contributed by atoms with Gasteiger partial charge in [0.15, 0.2) is 0 Å². The number of amides is 2. The number of hydrogen-bond acceptors (Lipinski definition) is 5. The highest BCUT2D eigenvalue weighted by Crippen LogP contribution is 2.04. The van der Waals surface area contributed by atoms with Gasteiger partial charge in [-0.25, -0.2) is 9.59 Å². The van der Waals surface area contributed by atoms with E-state index < -0.39 is 23.9 Å². The topological polar surface area (TPSA) is 122 Å². The Hall–Kier alpha value is -3.68. The van der Waals surface area contributed by atoms with E-state index in [2.05, 4.69) is 77.0 Å². The third-order valence-electron chi connectivity index (χ3n) is 5.44. The van der Waals surface area contributed by atoms with Gasteiger partial charge in [0, 0.05) is 25.1 Å². The summed E-state index contributed by atoms with van der Waals surface area (Å²) >= 11 is 0. The van der Waals surface area contributed by atoms with E-state index in [1.165, 1.54) is 0 Å². The van der Waals surface area contributed by atoms with Crippen molar-refractivity contribution in [1.29, 1.82) is 0 Å². The second kappa shape index (κ2) is 26.9. The molecular formula is C32H48N2O6. The molecule has 0 spiro atoms. The molecule has 1 atom stereocenters. The maximum atomic E-state index is 12.1. The lowest BCUT2D eigenvalue weighted by Gasteiger charge is -2.14. The van der Waals surface area contributed by atoms with E-state index in [4.69, 9.17) is 0 Å². The Morgan fingerprint density at radius 1 is 0.750 bits per heavy atom. The van der Waals surface area contributed by atoms with Crippen LogP contribution in [0.4, 0.5) is 0 Å². The van der Waals surface area contributed by atoms with Gasteiger partial charge < -0.3 is 20.5 Å². The van der Waals surface area contributed by atoms with Gasteiger partial charge in [-0.05, 0) is 71.1 Å². The number of carboxylic acid groups (broad SMARTS) is 1. The molecule has 0 aliphatic heterocycles. The lowest BCUT2D eigenvalue weighted by atomic mass is 10.1. The molecule has 0 aromatic carbocycles. The summed E-state index contributed by atoms with van der Waals surface area (Å²) in [6, 6.07) is -0.958. The number of carbonyl (C=O) groups excluding carboxylic acids is 3. The van der Waals surface area contributed by atoms with E-state index in [-0.39, 0.29) is 25.4 Å². The molecular weight excluding hydrogens is 508 g/mol. The molecule has 2 amide bonds. The van der Waals surface area contributed by atoms with E-state index in [0.717, 1.165) is 50.7 Å². The summed E-state index contributed by atoms with van der Waals surface area (Å²) in [6.45, 7) is 4.37. The van der Waals surface area contributed by atoms with Crippen molar-refractivity contribution in [2.24, 2.45) is 0 Å². The maximum absolute atomic E-state index is 12.1. The lowest BCUT2D eigenvalue weighted by Crippen LogP contribution is -2.40. The SMILES string of the molecule is CCC=CCC=CCC=CCC=CCC=CCCCC(=O)NC(CCCCNC(=O)C=CC(=O)OCC)C(=O)O. The quantitative estimate of drug-likeness (QED) is 0.0625. The molecule has 3 N–H and O–H groups in total. The third kappa shape index (κ3) is 24.6. The van der Waals surface area contributed by atoms with Crippen LogP contribution in [-0.4, -0.2) is 48.1 Å². The molecule has 8 heteroatoms. The van der Waals surface area contributed by atoms with Crippen LogP contribution in [0.5, 0.6) is 0 Å². The number of aliphatic carboxylic acids is 1. The van der Waals surface area contributed by atoms with Crippen molar-refractivity contribution in [3.05, 3.63) is 72.9 Å². The zero-order chi connectivity index (χ0) is 29.7. The van der Waals surface area contributed by atoms with Crippen molar-refractivity contribution < 1.29 is 29.0 Å². The van der Waals surface area contributed by atoms with Crippen molar-refractivity contribution in [1.82, 2.24) is 10.6 Å². The smallest absolute Gasteiger partial charge is 0.330 e. The summed E-state index contributed by atoms with van der Waals surface area (Å²) < 4.78 is 4.69. The standard InChI is InChI=1S/C32H48N2O6/c1-3-5-6-7-8-9-10-11-12-13-14-15-16-17-18-19-20-24-30(36)34-28(32(38)39)23-21-22-27-33-29(35)25-26-31(37)40-4-2/h5-6,8-9,11-12,14-15,17-18,25-26,28H,3-4,7,10,13,16,19-24,27H2,1-2H3,(H,33,35)(H,34,36)(H,38,39). The minimum atomic E-state index is -1.08. The number of unbranched alkanes of at least 4 members (excludes halogenated alkanes) is 2. The second-order valence-corrected chi connectivity index (χ2v) is 8.93. The highest BCUT2D eigenvalue weighted by Gasteiger charge is 2.18. The normalized spacial score (nSPS) is 12.8. The first-order valence-electron chi connectivity index (χ1n) is 14.3. The van der Waals surface area contributed by atoms with Gasteiger partial charge in [0.2, 0.25) is 11.8 Å². The Balaban J connectivity index is 3.95. The van der Waals surface area contributed by atoms with Gasteiger partial charge in [0.25, 0.3) is 0 Å². The van der Waals surface area contributed by atoms with E-state index >= 15 is 0 Å². The fourth-order valence-corrected chi connectivity index (χ4v) is 3.35. The third-order valence-corrected chi connectivity index (χ3v) is 5.44. The van der Waals surface area contributed by atoms with Gasteiger partial charge in [-0.3, -0.25) is 9.59 Å². The molecule has 0 aromatic rings. The van der Waals surface area contributed by atoms with Crippen LogP contribution < -0.4 is 10.6 Å². The molecule has 0 aromatic heterocycles. The Morgan fingerprint density at radius 2 is 1.32 bits per heavy atom. The Bertz CT molecular complexity index is 899. The van der Waals surface area contributed by atoms with Crippen molar-refractivity contribution in [2.45, 2.75) is 90.5 Å². The van der Waals surface area contributed by atoms with Crippen molar-refractivity contribution in [2.75, 3.05) is 13.2 Å². The van der Waals surface area contributed by atoms with Crippen LogP contribution in [0.2, 0.25) is 0 Å². The van der Waals surface area contributed by atoms with Crippen LogP contribution in [-0.2, 0) is 23.9 Å². The lowest BCUT2D eigenvalue weighted by molar-refractivity contribution is -0.142. The molecule has 0 heterocycles. The van der Waals surface area contributed by atoms with Gasteiger partial charge in [-0.1, -0.05) is 67.7 Å². The predicted octanol–water partition coefficient (Wildman–Crippen LogP) is 5.88. The summed E-state index contributed by atoms with van der Waals surface area (Å²) in [5.74, 6) is -2.37. The first kappa shape index (κ1) is 36.3. The highest BCUT2D eigenvalue weighted by molar-refractivity contribution is 5.94. The molecule has 0 radical (unpaired) electrons. The first-order chi connectivity index (χ1) is 19.4. The molecule has 0 saturated carbocycles. The fourth-order valence-electron chi connectivity index (χ4n) is 3.35. The largest absolute Gasteiger partial charge is 0.480 e. The molecule has 0 aliphatic rings. The maximum Gasteiger partial charge on any atom is 0.330 e. The molecule has 0 saturated heterocycles. The number of carbonyl (C=O) groups is 4. The van der Waals surface area contributed by atoms with Crippen molar-refractivity contribution >= 4 is 23.8 Å². The number of ether oxygens (including phenoxy) is 1. The first-order valence-corrected chi connectivity index (χ1v) is 14.3. The number of allylic oxidation sites excluding steroid dienone is 10. The minimum absolute atomic E-state index is 0.233. The van der Waals surface area contributed by atoms with Crippen molar-refractivity contribution in [3.8, 4) is 0 Å². The molecule has 8 nitrogen and oxygen atoms in total. The molecule has 0 bridgehead atoms. The second-order valence-electron chi connectivity index (χ2n) is 8.93. The average molecular weight is 557 g/mol. The number of esters is 1. The highest BCUT2D eigenvalue weighted by atomic mass is 16.5. The Morgan fingerprint density at radius 3 is 1.88 bits per heavy atom. The molecule has 0 rings (SSSR count). The van der Waals surface area contributed by atoms with Gasteiger partial charge in [-0.2, -0.15) is 0 Å². The molecule has 1 unspecified atom stereocenters. The van der Waals surface area contributed by atoms with E-state index in [0.29, 0.717) is 25.8 Å². The van der Waals surface area contributed by atoms with Crippen LogP contribution in [0.3, 0.4) is 0 Å². The zero-order valence-corrected chi connectivity index (χ0v) is 24.2. The summed E-state index contributed by atoms with van der Waals surface area (Å²) in [6.07, 6.45) is 31.3. The van der Waals surface area contributed by atoms with Gasteiger partial charge in [0.05, 0.1) is 6.61 Å². The van der Waals surface area contributed by atoms with Gasteiger partial charge in [0.1, 0.15) is 6.04 Å². The number of hydrogen-bond donors (Lipinski definition) is 3. The van der Waals surface area contributed by atoms with E-state index in [1.807, 2.05) is 6.08 Å². The Kier molecular flexibility index (Phi) is 24.4. The molecule has 0 aliphatic carbocycles. The summed E-state index contributed by atoms with van der Waals surface area (Å²) in [7, 11) is 0. The predicted molar refractivity (Wildman–Crippen MR) is 161 cm³/mol. The number of carboxylic acids is 1. The van der Waals surface area contributed by atoms with Crippen molar-refractivity contribution in [3.63, 3.8) is 0 Å². The van der Waals surface area contributed by atoms with E-state index in [9.17, 15) is 24.3 Å². The summed E-state index contributed by atoms with van der Waals surface area (Å²) in [5, 5.41) is 14.6. The Labute approximate surface area is 240 Å². The van der Waals surface area contributed by atoms with Crippen LogP contribution in [0.25, 0.3) is 0 Å². The number of nitrogens with one attached hydrogen (secondary N) is 2. The number of rotatable bonds is 23. The fraction of sp³-hybridized carbons (Fsp3) is 0.500. The van der Waals surface area contributed by atoms with E-state index in [1.54, 1.807) is 6.92 Å². The minimum Gasteiger partial charge on any atom is -0.480 e. The van der Waals surface area contributed by atoms with Crippen LogP contribution in [0.15, 0.2) is 72.9 Å². The summed E-state index contributed by atoms with van der Waals surface area (Å²) in [5.41, 5.74) is 0. The van der Waals surface area contributed by atoms with Crippen LogP contribution >= 0.6 is 0 Å². The van der Waals surface area contributed by atoms with Gasteiger partial charge in [-0.15, -0.1) is 0 Å². The van der Waals surface area contributed by atoms with Crippen LogP contribution in [0, 0.1) is 0 Å². The average Bonchev–Trinajstić information content (AvgIpc) is 2.92. The molecule has 222 valence electrons. The summed E-state index contributed by atoms with van der Waals surface area (Å²) in [4.78, 5) is 46.4. The monoisotopic (exact) mass is 556 g/mol. The van der Waals surface area contributed by atoms with Gasteiger partial charge >= 0.3 is 11.9 Å². The molecule has 0 fully saturated rings. The molecule has 40 heavy (non-hydrogen) atoms. The zero-order valence-electron chi connectivity index (χ0n) is 24.2. The van der Waals surface area contributed by atoms with Crippen LogP contribution in [0.1, 0.15) is 84.5 Å².